The fraction of sp³-hybridized carbons (Fsp3) is 0. The molecule has 0 aliphatic rings. The molecule has 1 aromatic heterocycles. The Hall–Kier alpha value is -0.790. The third-order valence-corrected chi connectivity index (χ3v) is 1.46. The second-order valence-corrected chi connectivity index (χ2v) is 2.67. The van der Waals surface area contributed by atoms with Crippen LogP contribution in [0.3, 0.4) is 0 Å². The van der Waals surface area contributed by atoms with Gasteiger partial charge in [-0.05, 0) is 22.6 Å². The molecule has 1 heterocycles. The molecule has 0 aliphatic heterocycles. The smallest absolute Gasteiger partial charge is 0.269 e. The summed E-state index contributed by atoms with van der Waals surface area (Å²) in [5.41, 5.74) is 10.4. The number of anilines is 1. The quantitative estimate of drug-likeness (QED) is 0.598. The molecule has 0 unspecified atom stereocenters. The highest BCUT2D eigenvalue weighted by molar-refractivity contribution is 14.1. The van der Waals surface area contributed by atoms with Crippen LogP contribution in [-0.4, -0.2) is 15.9 Å². The highest BCUT2D eigenvalue weighted by Crippen LogP contribution is 2.08. The van der Waals surface area contributed by atoms with E-state index in [4.69, 9.17) is 11.5 Å². The van der Waals surface area contributed by atoms with Crippen LogP contribution in [0.25, 0.3) is 0 Å². The number of rotatable bonds is 1. The molecule has 5 nitrogen and oxygen atoms in total. The van der Waals surface area contributed by atoms with E-state index in [1.54, 1.807) is 0 Å². The van der Waals surface area contributed by atoms with Crippen molar-refractivity contribution in [1.29, 1.82) is 0 Å². The monoisotopic (exact) mass is 252 g/mol. The molecule has 0 saturated heterocycles. The van der Waals surface area contributed by atoms with E-state index >= 15 is 0 Å². The average Bonchev–Trinajstić information content (AvgIpc) is 2.10. The van der Waals surface area contributed by atoms with Crippen LogP contribution in [0.1, 0.15) is 10.5 Å². The molecule has 54 valence electrons. The van der Waals surface area contributed by atoms with E-state index in [2.05, 4.69) is 9.97 Å². The Bertz CT molecular complexity index is 268. The van der Waals surface area contributed by atoms with Gasteiger partial charge in [0.25, 0.3) is 5.91 Å². The van der Waals surface area contributed by atoms with Gasteiger partial charge in [-0.25, -0.2) is 4.98 Å². The number of halogens is 1. The van der Waals surface area contributed by atoms with E-state index in [0.29, 0.717) is 3.83 Å². The molecule has 6 heteroatoms. The molecule has 1 rings (SSSR count). The number of carbonyl (C=O) groups excluding carboxylic acids is 1. The topological polar surface area (TPSA) is 97.8 Å². The Morgan fingerprint density at radius 3 is 2.50 bits per heavy atom. The van der Waals surface area contributed by atoms with Gasteiger partial charge in [0.1, 0.15) is 5.69 Å². The van der Waals surface area contributed by atoms with Crippen LogP contribution in [0.2, 0.25) is 0 Å². The summed E-state index contributed by atoms with van der Waals surface area (Å²) in [6, 6.07) is 0. The predicted molar refractivity (Wildman–Crippen MR) is 44.2 cm³/mol. The predicted octanol–water partition coefficient (Wildman–Crippen LogP) is -0.305. The van der Waals surface area contributed by atoms with Gasteiger partial charge >= 0.3 is 0 Å². The summed E-state index contributed by atoms with van der Waals surface area (Å²) >= 11 is 1.91. The van der Waals surface area contributed by atoms with Crippen LogP contribution in [0.4, 0.5) is 5.82 Å². The molecule has 0 atom stereocenters. The van der Waals surface area contributed by atoms with Gasteiger partial charge in [0, 0.05) is 0 Å². The maximum atomic E-state index is 10.5. The molecule has 0 aromatic carbocycles. The highest BCUT2D eigenvalue weighted by Gasteiger charge is 2.09. The van der Waals surface area contributed by atoms with Crippen molar-refractivity contribution in [2.45, 2.75) is 0 Å². The Morgan fingerprint density at radius 1 is 1.70 bits per heavy atom. The summed E-state index contributed by atoms with van der Waals surface area (Å²) < 4.78 is 0.559. The number of primary amides is 1. The number of aromatic amines is 1. The Balaban J connectivity index is 3.15. The molecular formula is C4H5IN4O. The maximum absolute atomic E-state index is 10.5. The number of nitrogens with one attached hydrogen (secondary N) is 1. The summed E-state index contributed by atoms with van der Waals surface area (Å²) in [7, 11) is 0. The van der Waals surface area contributed by atoms with E-state index < -0.39 is 5.91 Å². The van der Waals surface area contributed by atoms with Crippen molar-refractivity contribution in [3.05, 3.63) is 9.53 Å². The largest absolute Gasteiger partial charge is 0.382 e. The molecule has 0 bridgehead atoms. The first-order valence-electron chi connectivity index (χ1n) is 2.42. The van der Waals surface area contributed by atoms with Crippen LogP contribution >= 0.6 is 22.6 Å². The number of H-pyrrole nitrogens is 1. The van der Waals surface area contributed by atoms with E-state index in [0.717, 1.165) is 0 Å². The first kappa shape index (κ1) is 7.32. The molecule has 5 N–H and O–H groups in total. The number of aromatic nitrogens is 2. The highest BCUT2D eigenvalue weighted by atomic mass is 127. The zero-order valence-electron chi connectivity index (χ0n) is 4.89. The minimum atomic E-state index is -0.590. The lowest BCUT2D eigenvalue weighted by atomic mass is 10.4. The number of nitrogens with two attached hydrogens (primary N) is 2. The number of imidazole rings is 1. The summed E-state index contributed by atoms with van der Waals surface area (Å²) in [6.07, 6.45) is 0. The third-order valence-electron chi connectivity index (χ3n) is 0.949. The van der Waals surface area contributed by atoms with E-state index in [1.807, 2.05) is 22.6 Å². The number of hydrogen-bond acceptors (Lipinski definition) is 3. The molecule has 1 aromatic rings. The summed E-state index contributed by atoms with van der Waals surface area (Å²) in [5.74, 6) is -0.440. The molecule has 0 radical (unpaired) electrons. The molecule has 1 amide bonds. The van der Waals surface area contributed by atoms with Gasteiger partial charge < -0.3 is 16.5 Å². The normalized spacial score (nSPS) is 9.70. The second kappa shape index (κ2) is 2.45. The second-order valence-electron chi connectivity index (χ2n) is 1.65. The van der Waals surface area contributed by atoms with Crippen molar-refractivity contribution in [2.24, 2.45) is 5.73 Å². The molecule has 0 fully saturated rings. The number of nitrogen functional groups attached to an aromatic ring is 1. The van der Waals surface area contributed by atoms with Gasteiger partial charge in [0.2, 0.25) is 0 Å². The van der Waals surface area contributed by atoms with Crippen molar-refractivity contribution in [2.75, 3.05) is 5.73 Å². The van der Waals surface area contributed by atoms with Gasteiger partial charge in [-0.3, -0.25) is 4.79 Å². The average molecular weight is 252 g/mol. The first-order valence-corrected chi connectivity index (χ1v) is 3.50. The van der Waals surface area contributed by atoms with Gasteiger partial charge in [-0.15, -0.1) is 0 Å². The Kier molecular flexibility index (Phi) is 1.79. The lowest BCUT2D eigenvalue weighted by Gasteiger charge is -1.87. The third kappa shape index (κ3) is 1.20. The summed E-state index contributed by atoms with van der Waals surface area (Å²) in [6.45, 7) is 0. The fourth-order valence-electron chi connectivity index (χ4n) is 0.545. The molecule has 0 spiro atoms. The summed E-state index contributed by atoms with van der Waals surface area (Å²) in [5, 5.41) is 0. The molecule has 0 saturated carbocycles. The van der Waals surface area contributed by atoms with Crippen molar-refractivity contribution in [1.82, 2.24) is 9.97 Å². The lowest BCUT2D eigenvalue weighted by Crippen LogP contribution is -2.13. The van der Waals surface area contributed by atoms with Crippen LogP contribution in [0.15, 0.2) is 0 Å². The van der Waals surface area contributed by atoms with Crippen LogP contribution in [0.5, 0.6) is 0 Å². The van der Waals surface area contributed by atoms with Gasteiger partial charge in [-0.2, -0.15) is 0 Å². The number of nitrogens with zero attached hydrogens (tertiary/aromatic N) is 1. The van der Waals surface area contributed by atoms with E-state index in [1.165, 1.54) is 0 Å². The van der Waals surface area contributed by atoms with Crippen molar-refractivity contribution in [3.8, 4) is 0 Å². The number of carbonyl (C=O) groups is 1. The van der Waals surface area contributed by atoms with Gasteiger partial charge in [0.15, 0.2) is 9.65 Å². The van der Waals surface area contributed by atoms with Crippen LogP contribution in [-0.2, 0) is 0 Å². The van der Waals surface area contributed by atoms with E-state index in [9.17, 15) is 4.79 Å². The van der Waals surface area contributed by atoms with Gasteiger partial charge in [-0.1, -0.05) is 0 Å². The number of amides is 1. The summed E-state index contributed by atoms with van der Waals surface area (Å²) in [4.78, 5) is 16.9. The molecule has 0 aliphatic carbocycles. The minimum Gasteiger partial charge on any atom is -0.382 e. The first-order chi connectivity index (χ1) is 4.61. The van der Waals surface area contributed by atoms with Crippen LogP contribution in [0, 0.1) is 3.83 Å². The molecular weight excluding hydrogens is 247 g/mol. The molecule has 10 heavy (non-hydrogen) atoms. The minimum absolute atomic E-state index is 0.150. The van der Waals surface area contributed by atoms with Crippen molar-refractivity contribution >= 4 is 34.3 Å². The zero-order valence-corrected chi connectivity index (χ0v) is 7.05. The zero-order chi connectivity index (χ0) is 7.72. The fourth-order valence-corrected chi connectivity index (χ4v) is 1.07. The van der Waals surface area contributed by atoms with Crippen molar-refractivity contribution in [3.63, 3.8) is 0 Å². The van der Waals surface area contributed by atoms with Gasteiger partial charge in [0.05, 0.1) is 0 Å². The Labute approximate surface area is 70.3 Å². The van der Waals surface area contributed by atoms with Crippen LogP contribution < -0.4 is 11.5 Å². The lowest BCUT2D eigenvalue weighted by molar-refractivity contribution is 0.0997. The Morgan fingerprint density at radius 2 is 2.30 bits per heavy atom. The maximum Gasteiger partial charge on any atom is 0.269 e. The van der Waals surface area contributed by atoms with Crippen molar-refractivity contribution < 1.29 is 4.79 Å². The van der Waals surface area contributed by atoms with E-state index in [-0.39, 0.29) is 11.5 Å². The SMILES string of the molecule is NC(=O)c1[nH]c(I)nc1N. The standard InChI is InChI=1S/C4H5IN4O/c5-4-8-1(3(7)10)2(6)9-4/h6H2,(H2,7,10)(H,8,9). The number of hydrogen-bond donors (Lipinski definition) is 3.